The molecule has 2 heterocycles. The second-order valence-electron chi connectivity index (χ2n) is 5.85. The van der Waals surface area contributed by atoms with Gasteiger partial charge < -0.3 is 23.7 Å². The van der Waals surface area contributed by atoms with Gasteiger partial charge in [-0.25, -0.2) is 0 Å². The van der Waals surface area contributed by atoms with Gasteiger partial charge >= 0.3 is 0 Å². The van der Waals surface area contributed by atoms with Crippen molar-refractivity contribution in [2.45, 2.75) is 6.54 Å². The SMILES string of the molecule is COc1cccc(C[NH+]2CCN(C(=O)c3ccco3)CC2)c1OC. The van der Waals surface area contributed by atoms with E-state index in [4.69, 9.17) is 13.9 Å². The van der Waals surface area contributed by atoms with Gasteiger partial charge in [-0.1, -0.05) is 6.07 Å². The average Bonchev–Trinajstić information content (AvgIpc) is 3.16. The molecule has 0 unspecified atom stereocenters. The number of carbonyl (C=O) groups is 1. The smallest absolute Gasteiger partial charge is 0.289 e. The Kier molecular flexibility index (Phi) is 5.05. The third-order valence-corrected chi connectivity index (χ3v) is 4.41. The third-order valence-electron chi connectivity index (χ3n) is 4.41. The Hall–Kier alpha value is -2.47. The minimum Gasteiger partial charge on any atom is -0.493 e. The molecule has 6 nitrogen and oxygen atoms in total. The van der Waals surface area contributed by atoms with Gasteiger partial charge in [0.2, 0.25) is 0 Å². The van der Waals surface area contributed by atoms with E-state index >= 15 is 0 Å². The van der Waals surface area contributed by atoms with Crippen molar-refractivity contribution in [3.63, 3.8) is 0 Å². The highest BCUT2D eigenvalue weighted by molar-refractivity contribution is 5.91. The van der Waals surface area contributed by atoms with E-state index in [2.05, 4.69) is 6.07 Å². The van der Waals surface area contributed by atoms with Crippen molar-refractivity contribution in [3.8, 4) is 11.5 Å². The number of nitrogens with zero attached hydrogens (tertiary/aromatic N) is 1. The number of carbonyl (C=O) groups excluding carboxylic acids is 1. The number of rotatable bonds is 5. The van der Waals surface area contributed by atoms with Crippen molar-refractivity contribution in [1.82, 2.24) is 4.90 Å². The van der Waals surface area contributed by atoms with E-state index in [1.807, 2.05) is 17.0 Å². The van der Waals surface area contributed by atoms with Crippen LogP contribution in [0.25, 0.3) is 0 Å². The standard InChI is InChI=1S/C18H22N2O4/c1-22-15-6-3-5-14(17(15)23-2)13-19-8-10-20(11-9-19)18(21)16-7-4-12-24-16/h3-7,12H,8-11,13H2,1-2H3/p+1. The quantitative estimate of drug-likeness (QED) is 0.882. The highest BCUT2D eigenvalue weighted by Gasteiger charge is 2.26. The molecule has 6 heteroatoms. The normalized spacial score (nSPS) is 15.3. The van der Waals surface area contributed by atoms with E-state index in [9.17, 15) is 4.79 Å². The minimum absolute atomic E-state index is 0.0296. The molecule has 0 saturated carbocycles. The molecule has 1 amide bonds. The van der Waals surface area contributed by atoms with Crippen LogP contribution in [0.1, 0.15) is 16.1 Å². The number of amides is 1. The number of furan rings is 1. The van der Waals surface area contributed by atoms with Crippen molar-refractivity contribution >= 4 is 5.91 Å². The summed E-state index contributed by atoms with van der Waals surface area (Å²) >= 11 is 0. The monoisotopic (exact) mass is 331 g/mol. The van der Waals surface area contributed by atoms with E-state index in [0.29, 0.717) is 5.76 Å². The van der Waals surface area contributed by atoms with E-state index in [1.54, 1.807) is 26.4 Å². The number of piperazine rings is 1. The van der Waals surface area contributed by atoms with Crippen LogP contribution in [0.4, 0.5) is 0 Å². The molecule has 1 saturated heterocycles. The lowest BCUT2D eigenvalue weighted by atomic mass is 10.1. The summed E-state index contributed by atoms with van der Waals surface area (Å²) in [5, 5.41) is 0. The first kappa shape index (κ1) is 16.4. The molecular weight excluding hydrogens is 308 g/mol. The lowest BCUT2D eigenvalue weighted by Gasteiger charge is -2.32. The van der Waals surface area contributed by atoms with Crippen LogP contribution in [0, 0.1) is 0 Å². The van der Waals surface area contributed by atoms with Crippen molar-refractivity contribution in [2.24, 2.45) is 0 Å². The van der Waals surface area contributed by atoms with Crippen molar-refractivity contribution in [3.05, 3.63) is 47.9 Å². The Balaban J connectivity index is 1.61. The molecule has 1 aromatic carbocycles. The number of methoxy groups -OCH3 is 2. The summed E-state index contributed by atoms with van der Waals surface area (Å²) in [5.41, 5.74) is 1.12. The molecule has 1 N–H and O–H groups in total. The molecule has 0 aliphatic carbocycles. The van der Waals surface area contributed by atoms with Gasteiger partial charge in [0, 0.05) is 0 Å². The molecule has 3 rings (SSSR count). The molecule has 1 fully saturated rings. The van der Waals surface area contributed by atoms with Crippen LogP contribution in [-0.2, 0) is 6.54 Å². The number of quaternary nitrogens is 1. The van der Waals surface area contributed by atoms with E-state index < -0.39 is 0 Å². The second-order valence-corrected chi connectivity index (χ2v) is 5.85. The molecule has 2 aromatic rings. The zero-order valence-corrected chi connectivity index (χ0v) is 14.1. The van der Waals surface area contributed by atoms with E-state index in [1.165, 1.54) is 11.2 Å². The lowest BCUT2D eigenvalue weighted by molar-refractivity contribution is -0.917. The molecule has 0 spiro atoms. The van der Waals surface area contributed by atoms with Gasteiger partial charge in [0.1, 0.15) is 6.54 Å². The predicted molar refractivity (Wildman–Crippen MR) is 88.6 cm³/mol. The van der Waals surface area contributed by atoms with Gasteiger partial charge in [-0.3, -0.25) is 4.79 Å². The molecule has 0 atom stereocenters. The number of nitrogens with one attached hydrogen (secondary N) is 1. The van der Waals surface area contributed by atoms with Crippen molar-refractivity contribution < 1.29 is 23.6 Å². The number of para-hydroxylation sites is 1. The molecule has 0 bridgehead atoms. The first-order valence-electron chi connectivity index (χ1n) is 8.09. The first-order chi connectivity index (χ1) is 11.7. The molecule has 1 aliphatic heterocycles. The Morgan fingerprint density at radius 3 is 2.58 bits per heavy atom. The van der Waals surface area contributed by atoms with Crippen LogP contribution in [0.5, 0.6) is 11.5 Å². The largest absolute Gasteiger partial charge is 0.493 e. The molecule has 24 heavy (non-hydrogen) atoms. The van der Waals surface area contributed by atoms with Gasteiger partial charge in [-0.15, -0.1) is 0 Å². The summed E-state index contributed by atoms with van der Waals surface area (Å²) in [6.45, 7) is 4.09. The third kappa shape index (κ3) is 3.38. The number of hydrogen-bond donors (Lipinski definition) is 1. The minimum atomic E-state index is -0.0296. The molecule has 1 aliphatic rings. The molecule has 0 radical (unpaired) electrons. The maximum Gasteiger partial charge on any atom is 0.289 e. The summed E-state index contributed by atoms with van der Waals surface area (Å²) in [5.74, 6) is 1.92. The topological polar surface area (TPSA) is 56.4 Å². The van der Waals surface area contributed by atoms with Crippen LogP contribution < -0.4 is 14.4 Å². The predicted octanol–water partition coefficient (Wildman–Crippen LogP) is 0.838. The summed E-state index contributed by atoms with van der Waals surface area (Å²) < 4.78 is 16.1. The van der Waals surface area contributed by atoms with Crippen LogP contribution in [0.2, 0.25) is 0 Å². The van der Waals surface area contributed by atoms with Gasteiger partial charge in [-0.05, 0) is 24.3 Å². The second kappa shape index (κ2) is 7.40. The fourth-order valence-corrected chi connectivity index (χ4v) is 3.12. The van der Waals surface area contributed by atoms with Crippen LogP contribution in [-0.4, -0.2) is 51.2 Å². The van der Waals surface area contributed by atoms with E-state index in [-0.39, 0.29) is 5.91 Å². The fraction of sp³-hybridized carbons (Fsp3) is 0.389. The average molecular weight is 331 g/mol. The summed E-state index contributed by atoms with van der Waals surface area (Å²) in [6.07, 6.45) is 1.53. The first-order valence-corrected chi connectivity index (χ1v) is 8.09. The summed E-state index contributed by atoms with van der Waals surface area (Å²) in [4.78, 5) is 15.6. The fourth-order valence-electron chi connectivity index (χ4n) is 3.12. The zero-order chi connectivity index (χ0) is 16.9. The maximum absolute atomic E-state index is 12.3. The molecule has 128 valence electrons. The summed E-state index contributed by atoms with van der Waals surface area (Å²) in [7, 11) is 3.31. The number of ether oxygens (including phenoxy) is 2. The Morgan fingerprint density at radius 2 is 1.96 bits per heavy atom. The zero-order valence-electron chi connectivity index (χ0n) is 14.1. The van der Waals surface area contributed by atoms with Gasteiger partial charge in [0.15, 0.2) is 17.3 Å². The van der Waals surface area contributed by atoms with Gasteiger partial charge in [-0.2, -0.15) is 0 Å². The van der Waals surface area contributed by atoms with E-state index in [0.717, 1.165) is 49.8 Å². The van der Waals surface area contributed by atoms with Crippen molar-refractivity contribution in [2.75, 3.05) is 40.4 Å². The highest BCUT2D eigenvalue weighted by atomic mass is 16.5. The van der Waals surface area contributed by atoms with Gasteiger partial charge in [0.05, 0.1) is 52.2 Å². The van der Waals surface area contributed by atoms with Crippen LogP contribution in [0.15, 0.2) is 41.0 Å². The highest BCUT2D eigenvalue weighted by Crippen LogP contribution is 2.30. The van der Waals surface area contributed by atoms with Crippen LogP contribution in [0.3, 0.4) is 0 Å². The lowest BCUT2D eigenvalue weighted by Crippen LogP contribution is -3.13. The molecular formula is C18H23N2O4+. The van der Waals surface area contributed by atoms with Gasteiger partial charge in [0.25, 0.3) is 5.91 Å². The van der Waals surface area contributed by atoms with Crippen molar-refractivity contribution in [1.29, 1.82) is 0 Å². The Bertz CT molecular complexity index is 676. The number of hydrogen-bond acceptors (Lipinski definition) is 4. The Labute approximate surface area is 141 Å². The summed E-state index contributed by atoms with van der Waals surface area (Å²) in [6, 6.07) is 9.39. The Morgan fingerprint density at radius 1 is 1.17 bits per heavy atom. The maximum atomic E-state index is 12.3. The number of benzene rings is 1. The molecule has 1 aromatic heterocycles. The van der Waals surface area contributed by atoms with Crippen LogP contribution >= 0.6 is 0 Å².